The van der Waals surface area contributed by atoms with Crippen molar-refractivity contribution in [2.45, 2.75) is 133 Å². The lowest BCUT2D eigenvalue weighted by Gasteiger charge is -2.45. The zero-order chi connectivity index (χ0) is 64.8. The van der Waals surface area contributed by atoms with Crippen LogP contribution < -0.4 is 0 Å². The van der Waals surface area contributed by atoms with E-state index in [0.717, 1.165) is 36.4 Å². The van der Waals surface area contributed by atoms with Gasteiger partial charge in [-0.3, -0.25) is 0 Å². The molecule has 83 heavy (non-hydrogen) atoms. The molecule has 0 amide bonds. The highest BCUT2D eigenvalue weighted by Gasteiger charge is 3.00. The molecule has 470 valence electrons. The van der Waals surface area contributed by atoms with E-state index in [1.54, 1.807) is 0 Å². The van der Waals surface area contributed by atoms with Crippen LogP contribution in [0.15, 0.2) is 65.1 Å². The van der Waals surface area contributed by atoms with Gasteiger partial charge in [0.15, 0.2) is 23.2 Å². The lowest BCUT2D eigenvalue weighted by atomic mass is 9.83. The molecular formula is C40H18F38N4O. The normalized spacial score (nSPS) is 15.8. The van der Waals surface area contributed by atoms with Crippen molar-refractivity contribution in [2.24, 2.45) is 0 Å². The average molecular weight is 1290 g/mol. The van der Waals surface area contributed by atoms with Crippen molar-refractivity contribution >= 4 is 22.1 Å². The van der Waals surface area contributed by atoms with Crippen LogP contribution in [-0.2, 0) is 13.1 Å². The Bertz CT molecular complexity index is 2930. The first kappa shape index (κ1) is 67.8. The Hall–Kier alpha value is -6.00. The fourth-order valence-electron chi connectivity index (χ4n) is 7.49. The molecule has 0 bridgehead atoms. The molecule has 43 heteroatoms. The number of aromatic nitrogens is 4. The van der Waals surface area contributed by atoms with E-state index in [1.807, 2.05) is 0 Å². The molecule has 3 aromatic heterocycles. The number of para-hydroxylation sites is 4. The number of aryl methyl sites for hydroxylation is 2. The van der Waals surface area contributed by atoms with Crippen molar-refractivity contribution in [3.05, 3.63) is 60.7 Å². The van der Waals surface area contributed by atoms with E-state index in [1.165, 1.54) is 0 Å². The van der Waals surface area contributed by atoms with E-state index in [0.29, 0.717) is 24.3 Å². The monoisotopic (exact) mass is 1290 g/mol. The first-order valence-corrected chi connectivity index (χ1v) is 20.8. The summed E-state index contributed by atoms with van der Waals surface area (Å²) in [5.74, 6) is -109. The number of furan rings is 1. The van der Waals surface area contributed by atoms with Crippen LogP contribution in [0.25, 0.3) is 45.2 Å². The van der Waals surface area contributed by atoms with Gasteiger partial charge in [0.2, 0.25) is 0 Å². The lowest BCUT2D eigenvalue weighted by Crippen LogP contribution is -2.77. The second kappa shape index (κ2) is 19.3. The molecule has 0 saturated heterocycles. The van der Waals surface area contributed by atoms with E-state index >= 15 is 17.6 Å². The van der Waals surface area contributed by atoms with Gasteiger partial charge < -0.3 is 13.6 Å². The van der Waals surface area contributed by atoms with Gasteiger partial charge in [-0.15, -0.1) is 0 Å². The largest absolute Gasteiger partial charge is 0.450 e. The Morgan fingerprint density at radius 1 is 0.289 bits per heavy atom. The lowest BCUT2D eigenvalue weighted by molar-refractivity contribution is -0.472. The highest BCUT2D eigenvalue weighted by molar-refractivity contribution is 5.81. The smallest absolute Gasteiger partial charge is 0.438 e. The third-order valence-corrected chi connectivity index (χ3v) is 12.2. The minimum absolute atomic E-state index is 0.0753. The van der Waals surface area contributed by atoms with Crippen molar-refractivity contribution in [1.29, 1.82) is 0 Å². The maximum absolute atomic E-state index is 15.2. The highest BCUT2D eigenvalue weighted by atomic mass is 19.5. The third-order valence-electron chi connectivity index (χ3n) is 12.2. The van der Waals surface area contributed by atoms with Gasteiger partial charge in [0.1, 0.15) is 0 Å². The quantitative estimate of drug-likeness (QED) is 0.0730. The van der Waals surface area contributed by atoms with E-state index < -0.39 is 178 Å². The van der Waals surface area contributed by atoms with Gasteiger partial charge in [0, 0.05) is 25.9 Å². The number of nitrogens with zero attached hydrogens (tertiary/aromatic N) is 4. The molecule has 0 atom stereocenters. The summed E-state index contributed by atoms with van der Waals surface area (Å²) >= 11 is 0. The van der Waals surface area contributed by atoms with Crippen LogP contribution >= 0.6 is 0 Å². The molecule has 0 aliphatic rings. The minimum Gasteiger partial charge on any atom is -0.450 e. The van der Waals surface area contributed by atoms with E-state index in [2.05, 4.69) is 9.97 Å². The molecule has 0 aliphatic carbocycles. The standard InChI is InChI=1S/C40H18F38N4O/c41-23(42,27(47,48)31(55,56)35(63,64)33(59,60)29(51,52)25(45,37(67,68)69)38(70,71)72)11-13-81-17-7-3-1-5-15(17)79-21(81)19-9-10-20(83-19)22-80-16-6-2-4-8-18(16)82(22)14-12-24(43,44)28(49,50)32(57,58)36(65,66)34(61,62)30(53,54)26(46,39(73,74)75)40(76,77)78/h1-10H,11-14H2. The highest BCUT2D eigenvalue weighted by Crippen LogP contribution is 2.69. The number of hydrogen-bond acceptors (Lipinski definition) is 3. The SMILES string of the molecule is FC(F)(F)C(F)(C(F)(F)F)C(F)(F)C(F)(F)C(F)(F)C(F)(F)C(F)(F)C(F)(F)CCn1c(-c2ccc(-c3nc4ccccc4n3CCC(F)(F)C(F)(F)C(F)(F)C(F)(F)C(F)(F)C(F)(F)C(F)(C(F)(F)F)C(F)(F)F)o2)nc2ccccc21. The van der Waals surface area contributed by atoms with Gasteiger partial charge in [-0.25, -0.2) is 18.7 Å². The number of imidazole rings is 2. The zero-order valence-electron chi connectivity index (χ0n) is 38.2. The van der Waals surface area contributed by atoms with Crippen molar-refractivity contribution < 1.29 is 171 Å². The molecule has 3 heterocycles. The summed E-state index contributed by atoms with van der Waals surface area (Å²) in [6.07, 6.45) is -40.6. The van der Waals surface area contributed by atoms with Crippen molar-refractivity contribution in [1.82, 2.24) is 19.1 Å². The number of hydrogen-bond donors (Lipinski definition) is 0. The molecule has 5 rings (SSSR count). The van der Waals surface area contributed by atoms with E-state index in [9.17, 15) is 149 Å². The Morgan fingerprint density at radius 2 is 0.518 bits per heavy atom. The molecule has 0 fully saturated rings. The number of rotatable bonds is 20. The molecule has 0 unspecified atom stereocenters. The van der Waals surface area contributed by atoms with E-state index in [-0.39, 0.29) is 9.13 Å². The van der Waals surface area contributed by atoms with Gasteiger partial charge in [0.25, 0.3) is 0 Å². The van der Waals surface area contributed by atoms with Gasteiger partial charge in [-0.05, 0) is 36.4 Å². The van der Waals surface area contributed by atoms with Gasteiger partial charge >= 0.3 is 107 Å². The van der Waals surface area contributed by atoms with Crippen LogP contribution in [0.4, 0.5) is 167 Å². The molecular weight excluding hydrogens is 1270 g/mol. The summed E-state index contributed by atoms with van der Waals surface area (Å²) in [7, 11) is 0. The number of benzene rings is 2. The fourth-order valence-corrected chi connectivity index (χ4v) is 7.49. The Balaban J connectivity index is 1.53. The van der Waals surface area contributed by atoms with Crippen LogP contribution in [0.5, 0.6) is 0 Å². The average Bonchev–Trinajstić information content (AvgIpc) is 4.26. The first-order chi connectivity index (χ1) is 36.6. The zero-order valence-corrected chi connectivity index (χ0v) is 38.2. The second-order valence-corrected chi connectivity index (χ2v) is 17.3. The van der Waals surface area contributed by atoms with Crippen LogP contribution in [-0.4, -0.2) is 126 Å². The molecule has 0 radical (unpaired) electrons. The molecule has 0 spiro atoms. The Morgan fingerprint density at radius 3 is 0.771 bits per heavy atom. The molecule has 2 aromatic carbocycles. The maximum Gasteiger partial charge on any atom is 0.438 e. The molecule has 0 N–H and O–H groups in total. The van der Waals surface area contributed by atoms with Crippen LogP contribution in [0.2, 0.25) is 0 Å². The molecule has 5 nitrogen and oxygen atoms in total. The first-order valence-electron chi connectivity index (χ1n) is 20.8. The molecule has 0 saturated carbocycles. The summed E-state index contributed by atoms with van der Waals surface area (Å²) in [6, 6.07) is 7.78. The van der Waals surface area contributed by atoms with Crippen molar-refractivity contribution in [2.75, 3.05) is 0 Å². The van der Waals surface area contributed by atoms with E-state index in [4.69, 9.17) is 4.42 Å². The summed E-state index contributed by atoms with van der Waals surface area (Å²) in [5, 5.41) is 0. The number of alkyl halides is 38. The molecule has 0 aliphatic heterocycles. The molecule has 5 aromatic rings. The fraction of sp³-hybridized carbons (Fsp3) is 0.550. The third kappa shape index (κ3) is 9.17. The van der Waals surface area contributed by atoms with Gasteiger partial charge in [0.05, 0.1) is 22.1 Å². The maximum atomic E-state index is 15.2. The van der Waals surface area contributed by atoms with Crippen molar-refractivity contribution in [3.63, 3.8) is 0 Å². The summed E-state index contributed by atoms with van der Waals surface area (Å²) < 4.78 is 539. The Labute approximate surface area is 429 Å². The van der Waals surface area contributed by atoms with Crippen LogP contribution in [0, 0.1) is 0 Å². The number of halogens is 38. The summed E-state index contributed by atoms with van der Waals surface area (Å²) in [5.41, 5.74) is -20.7. The summed E-state index contributed by atoms with van der Waals surface area (Å²) in [4.78, 5) is 7.46. The van der Waals surface area contributed by atoms with Crippen LogP contribution in [0.1, 0.15) is 12.8 Å². The van der Waals surface area contributed by atoms with Crippen molar-refractivity contribution in [3.8, 4) is 23.2 Å². The Kier molecular flexibility index (Phi) is 15.7. The second-order valence-electron chi connectivity index (χ2n) is 17.3. The summed E-state index contributed by atoms with van der Waals surface area (Å²) in [6.45, 7) is -4.35. The van der Waals surface area contributed by atoms with Crippen LogP contribution in [0.3, 0.4) is 0 Å². The van der Waals surface area contributed by atoms with Gasteiger partial charge in [-0.1, -0.05) is 24.3 Å². The predicted molar refractivity (Wildman–Crippen MR) is 197 cm³/mol. The predicted octanol–water partition coefficient (Wildman–Crippen LogP) is 17.4. The number of fused-ring (bicyclic) bond motifs is 2. The minimum atomic E-state index is -9.35. The topological polar surface area (TPSA) is 48.8 Å². The van der Waals surface area contributed by atoms with Gasteiger partial charge in [-0.2, -0.15) is 158 Å².